The zero-order chi connectivity index (χ0) is 14.1. The molecule has 0 aliphatic carbocycles. The van der Waals surface area contributed by atoms with E-state index in [4.69, 9.17) is 5.73 Å². The number of nitrogens with zero attached hydrogens (tertiary/aromatic N) is 1. The Balaban J connectivity index is 3.08. The highest BCUT2D eigenvalue weighted by Crippen LogP contribution is 2.23. The molecule has 0 saturated heterocycles. The Bertz CT molecular complexity index is 506. The first-order valence-corrected chi connectivity index (χ1v) is 6.53. The van der Waals surface area contributed by atoms with Gasteiger partial charge in [0.1, 0.15) is 0 Å². The van der Waals surface area contributed by atoms with E-state index in [1.54, 1.807) is 12.3 Å². The van der Waals surface area contributed by atoms with Crippen molar-refractivity contribution in [2.24, 2.45) is 16.6 Å². The van der Waals surface area contributed by atoms with Crippen molar-refractivity contribution in [2.75, 3.05) is 0 Å². The molecule has 0 heterocycles. The first-order chi connectivity index (χ1) is 9.17. The van der Waals surface area contributed by atoms with Gasteiger partial charge >= 0.3 is 0 Å². The topological polar surface area (TPSA) is 38.4 Å². The van der Waals surface area contributed by atoms with Gasteiger partial charge in [-0.1, -0.05) is 44.2 Å². The van der Waals surface area contributed by atoms with Crippen LogP contribution in [0.1, 0.15) is 26.3 Å². The SMILES string of the molecule is C/C=C\C(=C/C(C)C)c1cccc(N=CC=CN)c1. The van der Waals surface area contributed by atoms with Crippen LogP contribution in [0.3, 0.4) is 0 Å². The minimum absolute atomic E-state index is 0.513. The second-order valence-corrected chi connectivity index (χ2v) is 4.58. The molecule has 1 aromatic rings. The Kier molecular flexibility index (Phi) is 6.37. The number of aliphatic imine (C=N–C) groups is 1. The van der Waals surface area contributed by atoms with Gasteiger partial charge in [-0.05, 0) is 48.4 Å². The lowest BCUT2D eigenvalue weighted by atomic mass is 10.0. The van der Waals surface area contributed by atoms with Crippen LogP contribution in [0, 0.1) is 5.92 Å². The fourth-order valence-electron chi connectivity index (χ4n) is 1.73. The van der Waals surface area contributed by atoms with Crippen molar-refractivity contribution in [3.63, 3.8) is 0 Å². The van der Waals surface area contributed by atoms with E-state index < -0.39 is 0 Å². The molecule has 0 aromatic heterocycles. The molecule has 2 N–H and O–H groups in total. The van der Waals surface area contributed by atoms with E-state index in [1.807, 2.05) is 19.1 Å². The van der Waals surface area contributed by atoms with Crippen molar-refractivity contribution in [3.8, 4) is 0 Å². The Labute approximate surface area is 116 Å². The Morgan fingerprint density at radius 2 is 2.11 bits per heavy atom. The Hall–Kier alpha value is -2.09. The van der Waals surface area contributed by atoms with Gasteiger partial charge in [0.25, 0.3) is 0 Å². The summed E-state index contributed by atoms with van der Waals surface area (Å²) in [6, 6.07) is 8.18. The minimum Gasteiger partial charge on any atom is -0.405 e. The van der Waals surface area contributed by atoms with Gasteiger partial charge in [0.05, 0.1) is 5.69 Å². The normalized spacial score (nSPS) is 13.4. The molecule has 0 spiro atoms. The molecule has 0 bridgehead atoms. The highest BCUT2D eigenvalue weighted by atomic mass is 14.7. The van der Waals surface area contributed by atoms with Gasteiger partial charge < -0.3 is 5.73 Å². The molecule has 0 amide bonds. The van der Waals surface area contributed by atoms with Crippen molar-refractivity contribution in [1.82, 2.24) is 0 Å². The summed E-state index contributed by atoms with van der Waals surface area (Å²) in [5.41, 5.74) is 8.61. The fourth-order valence-corrected chi connectivity index (χ4v) is 1.73. The average Bonchev–Trinajstić information content (AvgIpc) is 2.38. The molecule has 0 atom stereocenters. The highest BCUT2D eigenvalue weighted by molar-refractivity contribution is 5.78. The summed E-state index contributed by atoms with van der Waals surface area (Å²) in [7, 11) is 0. The second kappa shape index (κ2) is 8.09. The molecule has 1 rings (SSSR count). The van der Waals surface area contributed by atoms with Gasteiger partial charge in [-0.2, -0.15) is 0 Å². The van der Waals surface area contributed by atoms with Crippen LogP contribution in [0.5, 0.6) is 0 Å². The van der Waals surface area contributed by atoms with E-state index in [0.717, 1.165) is 5.69 Å². The summed E-state index contributed by atoms with van der Waals surface area (Å²) in [5, 5.41) is 0. The van der Waals surface area contributed by atoms with Gasteiger partial charge in [-0.25, -0.2) is 0 Å². The van der Waals surface area contributed by atoms with Crippen LogP contribution in [-0.2, 0) is 0 Å². The quantitative estimate of drug-likeness (QED) is 0.610. The maximum absolute atomic E-state index is 5.28. The third-order valence-corrected chi connectivity index (χ3v) is 2.46. The van der Waals surface area contributed by atoms with Crippen LogP contribution in [0.2, 0.25) is 0 Å². The number of benzene rings is 1. The molecule has 0 radical (unpaired) electrons. The zero-order valence-electron chi connectivity index (χ0n) is 11.9. The molecule has 2 heteroatoms. The first-order valence-electron chi connectivity index (χ1n) is 6.53. The molecule has 2 nitrogen and oxygen atoms in total. The van der Waals surface area contributed by atoms with Crippen molar-refractivity contribution < 1.29 is 0 Å². The Morgan fingerprint density at radius 1 is 1.32 bits per heavy atom. The Morgan fingerprint density at radius 3 is 2.74 bits per heavy atom. The van der Waals surface area contributed by atoms with Crippen LogP contribution in [0.25, 0.3) is 5.57 Å². The van der Waals surface area contributed by atoms with Crippen LogP contribution >= 0.6 is 0 Å². The summed E-state index contributed by atoms with van der Waals surface area (Å²) in [6.45, 7) is 6.39. The standard InChI is InChI=1S/C17H22N2/c1-4-7-15(12-14(2)3)16-8-5-9-17(13-16)19-11-6-10-18/h4-14H,18H2,1-3H3/b7-4-,10-6?,15-12+,19-11?. The van der Waals surface area contributed by atoms with Crippen LogP contribution in [0.15, 0.2) is 59.8 Å². The molecule has 0 aliphatic rings. The number of rotatable bonds is 5. The third kappa shape index (κ3) is 5.38. The average molecular weight is 254 g/mol. The molecule has 0 unspecified atom stereocenters. The van der Waals surface area contributed by atoms with E-state index in [0.29, 0.717) is 5.92 Å². The predicted octanol–water partition coefficient (Wildman–Crippen LogP) is 4.48. The van der Waals surface area contributed by atoms with Gasteiger partial charge in [0.2, 0.25) is 0 Å². The molecule has 19 heavy (non-hydrogen) atoms. The van der Waals surface area contributed by atoms with E-state index in [9.17, 15) is 0 Å². The highest BCUT2D eigenvalue weighted by Gasteiger charge is 2.00. The van der Waals surface area contributed by atoms with Gasteiger partial charge in [0.15, 0.2) is 0 Å². The molecular weight excluding hydrogens is 232 g/mol. The van der Waals surface area contributed by atoms with Crippen LogP contribution in [-0.4, -0.2) is 6.21 Å². The summed E-state index contributed by atoms with van der Waals surface area (Å²) >= 11 is 0. The van der Waals surface area contributed by atoms with E-state index >= 15 is 0 Å². The summed E-state index contributed by atoms with van der Waals surface area (Å²) in [4.78, 5) is 4.34. The fraction of sp³-hybridized carbons (Fsp3) is 0.235. The second-order valence-electron chi connectivity index (χ2n) is 4.58. The molecule has 1 aromatic carbocycles. The first kappa shape index (κ1) is 15.0. The molecule has 0 aliphatic heterocycles. The maximum atomic E-state index is 5.28. The number of hydrogen-bond acceptors (Lipinski definition) is 2. The molecule has 0 fully saturated rings. The number of hydrogen-bond donors (Lipinski definition) is 1. The van der Waals surface area contributed by atoms with Crippen molar-refractivity contribution in [3.05, 3.63) is 60.3 Å². The number of nitrogens with two attached hydrogens (primary N) is 1. The van der Waals surface area contributed by atoms with Crippen molar-refractivity contribution in [1.29, 1.82) is 0 Å². The number of allylic oxidation sites excluding steroid dienone is 5. The molecular formula is C17H22N2. The zero-order valence-corrected chi connectivity index (χ0v) is 11.9. The van der Waals surface area contributed by atoms with Gasteiger partial charge in [-0.15, -0.1) is 0 Å². The lowest BCUT2D eigenvalue weighted by Gasteiger charge is -2.06. The van der Waals surface area contributed by atoms with Gasteiger partial charge in [-0.3, -0.25) is 4.99 Å². The van der Waals surface area contributed by atoms with Crippen LogP contribution < -0.4 is 5.73 Å². The summed E-state index contributed by atoms with van der Waals surface area (Å²) in [6.07, 6.45) is 11.3. The smallest absolute Gasteiger partial charge is 0.0635 e. The van der Waals surface area contributed by atoms with Crippen molar-refractivity contribution in [2.45, 2.75) is 20.8 Å². The third-order valence-electron chi connectivity index (χ3n) is 2.46. The lowest BCUT2D eigenvalue weighted by Crippen LogP contribution is -1.86. The van der Waals surface area contributed by atoms with Crippen molar-refractivity contribution >= 4 is 17.5 Å². The van der Waals surface area contributed by atoms with Gasteiger partial charge in [0, 0.05) is 6.21 Å². The molecule has 0 saturated carbocycles. The maximum Gasteiger partial charge on any atom is 0.0635 e. The largest absolute Gasteiger partial charge is 0.405 e. The minimum atomic E-state index is 0.513. The molecule has 100 valence electrons. The predicted molar refractivity (Wildman–Crippen MR) is 85.6 cm³/mol. The summed E-state index contributed by atoms with van der Waals surface area (Å²) in [5.74, 6) is 0.513. The van der Waals surface area contributed by atoms with E-state index in [-0.39, 0.29) is 0 Å². The van der Waals surface area contributed by atoms with E-state index in [1.165, 1.54) is 17.3 Å². The van der Waals surface area contributed by atoms with E-state index in [2.05, 4.69) is 49.2 Å². The monoisotopic (exact) mass is 254 g/mol. The lowest BCUT2D eigenvalue weighted by molar-refractivity contribution is 0.834. The van der Waals surface area contributed by atoms with Crippen LogP contribution in [0.4, 0.5) is 5.69 Å². The summed E-state index contributed by atoms with van der Waals surface area (Å²) < 4.78 is 0.